The summed E-state index contributed by atoms with van der Waals surface area (Å²) in [5.41, 5.74) is 2.81. The molecule has 2 aromatic rings. The SMILES string of the molecule is Cc1cccc(N2C(=O)/C(=C/c3ccc(OCC(C)C)c(Br)c3)SC2=S)c1. The molecule has 0 aliphatic carbocycles. The average molecular weight is 462 g/mol. The first kappa shape index (κ1) is 20.1. The normalized spacial score (nSPS) is 15.9. The highest BCUT2D eigenvalue weighted by Gasteiger charge is 2.33. The lowest BCUT2D eigenvalue weighted by atomic mass is 10.2. The maximum Gasteiger partial charge on any atom is 0.270 e. The molecule has 2 aromatic carbocycles. The summed E-state index contributed by atoms with van der Waals surface area (Å²) < 4.78 is 7.19. The number of amides is 1. The Bertz CT molecular complexity index is 924. The van der Waals surface area contributed by atoms with Crippen molar-refractivity contribution < 1.29 is 9.53 Å². The van der Waals surface area contributed by atoms with Crippen molar-refractivity contribution in [2.75, 3.05) is 11.5 Å². The van der Waals surface area contributed by atoms with Gasteiger partial charge in [-0.1, -0.05) is 56.0 Å². The zero-order valence-electron chi connectivity index (χ0n) is 15.4. The highest BCUT2D eigenvalue weighted by atomic mass is 79.9. The first-order valence-corrected chi connectivity index (χ1v) is 10.6. The summed E-state index contributed by atoms with van der Waals surface area (Å²) in [7, 11) is 0. The lowest BCUT2D eigenvalue weighted by Crippen LogP contribution is -2.27. The Morgan fingerprint density at radius 1 is 1.26 bits per heavy atom. The Balaban J connectivity index is 1.82. The number of benzene rings is 2. The molecule has 0 spiro atoms. The van der Waals surface area contributed by atoms with E-state index in [4.69, 9.17) is 17.0 Å². The quantitative estimate of drug-likeness (QED) is 0.391. The number of aryl methyl sites for hydroxylation is 1. The molecule has 0 saturated carbocycles. The van der Waals surface area contributed by atoms with Gasteiger partial charge in [0.2, 0.25) is 0 Å². The van der Waals surface area contributed by atoms with E-state index in [-0.39, 0.29) is 5.91 Å². The van der Waals surface area contributed by atoms with E-state index in [1.165, 1.54) is 11.8 Å². The minimum absolute atomic E-state index is 0.0909. The van der Waals surface area contributed by atoms with Crippen LogP contribution in [0.5, 0.6) is 5.75 Å². The zero-order chi connectivity index (χ0) is 19.6. The highest BCUT2D eigenvalue weighted by Crippen LogP contribution is 2.37. The van der Waals surface area contributed by atoms with Crippen molar-refractivity contribution in [3.63, 3.8) is 0 Å². The molecule has 0 aromatic heterocycles. The zero-order valence-corrected chi connectivity index (χ0v) is 18.6. The predicted octanol–water partition coefficient (Wildman–Crippen LogP) is 6.20. The van der Waals surface area contributed by atoms with Crippen LogP contribution in [0.2, 0.25) is 0 Å². The fourth-order valence-electron chi connectivity index (χ4n) is 2.59. The van der Waals surface area contributed by atoms with E-state index in [9.17, 15) is 4.79 Å². The van der Waals surface area contributed by atoms with Gasteiger partial charge in [-0.05, 0) is 70.2 Å². The van der Waals surface area contributed by atoms with Gasteiger partial charge in [-0.25, -0.2) is 0 Å². The van der Waals surface area contributed by atoms with Gasteiger partial charge in [0.05, 0.1) is 21.7 Å². The summed E-state index contributed by atoms with van der Waals surface area (Å²) in [4.78, 5) is 15.1. The second-order valence-corrected chi connectivity index (χ2v) is 9.28. The largest absolute Gasteiger partial charge is 0.492 e. The second-order valence-electron chi connectivity index (χ2n) is 6.75. The van der Waals surface area contributed by atoms with Crippen LogP contribution in [0, 0.1) is 12.8 Å². The minimum Gasteiger partial charge on any atom is -0.492 e. The summed E-state index contributed by atoms with van der Waals surface area (Å²) >= 11 is 10.3. The molecule has 1 aliphatic rings. The Morgan fingerprint density at radius 3 is 2.70 bits per heavy atom. The van der Waals surface area contributed by atoms with Gasteiger partial charge in [-0.15, -0.1) is 0 Å². The number of nitrogens with zero attached hydrogens (tertiary/aromatic N) is 1. The summed E-state index contributed by atoms with van der Waals surface area (Å²) in [6.45, 7) is 6.88. The molecule has 0 radical (unpaired) electrons. The van der Waals surface area contributed by atoms with Crippen molar-refractivity contribution in [2.24, 2.45) is 5.92 Å². The molecule has 1 amide bonds. The number of anilines is 1. The van der Waals surface area contributed by atoms with Gasteiger partial charge in [-0.3, -0.25) is 9.69 Å². The Morgan fingerprint density at radius 2 is 2.04 bits per heavy atom. The minimum atomic E-state index is -0.0909. The summed E-state index contributed by atoms with van der Waals surface area (Å²) in [6, 6.07) is 13.6. The Hall–Kier alpha value is -1.63. The molecule has 0 atom stereocenters. The first-order valence-electron chi connectivity index (χ1n) is 8.62. The van der Waals surface area contributed by atoms with E-state index in [0.717, 1.165) is 27.0 Å². The van der Waals surface area contributed by atoms with E-state index in [1.54, 1.807) is 4.90 Å². The van der Waals surface area contributed by atoms with Crippen LogP contribution in [-0.4, -0.2) is 16.8 Å². The Labute approximate surface area is 177 Å². The van der Waals surface area contributed by atoms with Crippen LogP contribution in [0.25, 0.3) is 6.08 Å². The third kappa shape index (κ3) is 4.81. The molecular weight excluding hydrogens is 442 g/mol. The molecule has 0 N–H and O–H groups in total. The number of carbonyl (C=O) groups excluding carboxylic acids is 1. The van der Waals surface area contributed by atoms with Gasteiger partial charge in [0.15, 0.2) is 4.32 Å². The number of hydrogen-bond acceptors (Lipinski definition) is 4. The maximum atomic E-state index is 12.9. The number of thioether (sulfide) groups is 1. The lowest BCUT2D eigenvalue weighted by molar-refractivity contribution is -0.113. The van der Waals surface area contributed by atoms with Crippen LogP contribution in [-0.2, 0) is 4.79 Å². The van der Waals surface area contributed by atoms with Crippen LogP contribution >= 0.6 is 39.9 Å². The molecule has 1 saturated heterocycles. The number of rotatable bonds is 5. The maximum absolute atomic E-state index is 12.9. The van der Waals surface area contributed by atoms with Crippen LogP contribution in [0.1, 0.15) is 25.0 Å². The van der Waals surface area contributed by atoms with Crippen molar-refractivity contribution in [1.82, 2.24) is 0 Å². The highest BCUT2D eigenvalue weighted by molar-refractivity contribution is 9.10. The number of hydrogen-bond donors (Lipinski definition) is 0. The molecule has 1 heterocycles. The third-order valence-corrected chi connectivity index (χ3v) is 5.80. The average Bonchev–Trinajstić information content (AvgIpc) is 2.87. The molecule has 140 valence electrons. The van der Waals surface area contributed by atoms with Gasteiger partial charge in [0.25, 0.3) is 5.91 Å². The smallest absolute Gasteiger partial charge is 0.270 e. The van der Waals surface area contributed by atoms with Gasteiger partial charge < -0.3 is 4.74 Å². The van der Waals surface area contributed by atoms with E-state index >= 15 is 0 Å². The number of thiocarbonyl (C=S) groups is 1. The van der Waals surface area contributed by atoms with Crippen molar-refractivity contribution in [3.8, 4) is 5.75 Å². The fourth-order valence-corrected chi connectivity index (χ4v) is 4.40. The molecular formula is C21H20BrNO2S2. The summed E-state index contributed by atoms with van der Waals surface area (Å²) in [5.74, 6) is 1.17. The topological polar surface area (TPSA) is 29.5 Å². The lowest BCUT2D eigenvalue weighted by Gasteiger charge is -2.14. The van der Waals surface area contributed by atoms with E-state index in [1.807, 2.05) is 55.5 Å². The van der Waals surface area contributed by atoms with Gasteiger partial charge in [-0.2, -0.15) is 0 Å². The summed E-state index contributed by atoms with van der Waals surface area (Å²) in [6.07, 6.45) is 1.87. The number of halogens is 1. The molecule has 3 rings (SSSR count). The third-order valence-electron chi connectivity index (χ3n) is 3.88. The molecule has 6 heteroatoms. The molecule has 0 unspecified atom stereocenters. The van der Waals surface area contributed by atoms with Crippen LogP contribution in [0.4, 0.5) is 5.69 Å². The van der Waals surface area contributed by atoms with Crippen LogP contribution < -0.4 is 9.64 Å². The summed E-state index contributed by atoms with van der Waals surface area (Å²) in [5, 5.41) is 0. The van der Waals surface area contributed by atoms with Crippen molar-refractivity contribution >= 4 is 61.9 Å². The van der Waals surface area contributed by atoms with Crippen LogP contribution in [0.3, 0.4) is 0 Å². The molecule has 27 heavy (non-hydrogen) atoms. The number of carbonyl (C=O) groups is 1. The molecule has 3 nitrogen and oxygen atoms in total. The predicted molar refractivity (Wildman–Crippen MR) is 121 cm³/mol. The van der Waals surface area contributed by atoms with E-state index in [2.05, 4.69) is 29.8 Å². The van der Waals surface area contributed by atoms with E-state index < -0.39 is 0 Å². The Kier molecular flexibility index (Phi) is 6.40. The second kappa shape index (κ2) is 8.59. The van der Waals surface area contributed by atoms with Gasteiger partial charge in [0, 0.05) is 0 Å². The monoisotopic (exact) mass is 461 g/mol. The van der Waals surface area contributed by atoms with Crippen LogP contribution in [0.15, 0.2) is 51.8 Å². The first-order chi connectivity index (χ1) is 12.8. The fraction of sp³-hybridized carbons (Fsp3) is 0.238. The van der Waals surface area contributed by atoms with Crippen molar-refractivity contribution in [2.45, 2.75) is 20.8 Å². The van der Waals surface area contributed by atoms with Crippen molar-refractivity contribution in [1.29, 1.82) is 0 Å². The van der Waals surface area contributed by atoms with E-state index in [0.29, 0.717) is 21.8 Å². The molecule has 1 fully saturated rings. The molecule has 1 aliphatic heterocycles. The van der Waals surface area contributed by atoms with Crippen molar-refractivity contribution in [3.05, 3.63) is 63.0 Å². The molecule has 0 bridgehead atoms. The van der Waals surface area contributed by atoms with Gasteiger partial charge in [0.1, 0.15) is 5.75 Å². The van der Waals surface area contributed by atoms with Gasteiger partial charge >= 0.3 is 0 Å². The standard InChI is InChI=1S/C21H20BrNO2S2/c1-13(2)12-25-18-8-7-15(10-17(18)22)11-19-20(24)23(21(26)27-19)16-6-4-5-14(3)9-16/h4-11,13H,12H2,1-3H3/b19-11-. The number of ether oxygens (including phenoxy) is 1.